The van der Waals surface area contributed by atoms with Gasteiger partial charge in [0.25, 0.3) is 0 Å². The maximum atomic E-state index is 11.0. The average Bonchev–Trinajstić information content (AvgIpc) is 2.86. The Balaban J connectivity index is 0.00000533. The van der Waals surface area contributed by atoms with E-state index < -0.39 is 116 Å². The molecule has 0 aliphatic carbocycles. The number of methoxy groups -OCH3 is 1. The molecular weight excluding hydrogens is 571 g/mol. The van der Waals surface area contributed by atoms with Gasteiger partial charge >= 0.3 is 29.6 Å². The van der Waals surface area contributed by atoms with Crippen molar-refractivity contribution >= 4 is 10.4 Å². The van der Waals surface area contributed by atoms with E-state index in [-0.39, 0.29) is 29.6 Å². The van der Waals surface area contributed by atoms with Gasteiger partial charge in [-0.15, -0.1) is 0 Å². The van der Waals surface area contributed by atoms with Gasteiger partial charge in [0.15, 0.2) is 18.9 Å². The predicted octanol–water partition coefficient (Wildman–Crippen LogP) is -9.40. The Bertz CT molecular complexity index is 865. The van der Waals surface area contributed by atoms with Crippen LogP contribution in [-0.4, -0.2) is 166 Å². The first-order valence-electron chi connectivity index (χ1n) is 11.5. The molecule has 0 saturated carbocycles. The normalized spacial score (nSPS) is 47.4. The summed E-state index contributed by atoms with van der Waals surface area (Å²) in [5.74, 6) is 0. The molecule has 3 heterocycles. The summed E-state index contributed by atoms with van der Waals surface area (Å²) in [5.41, 5.74) is 0. The minimum absolute atomic E-state index is 0. The van der Waals surface area contributed by atoms with Crippen molar-refractivity contribution in [2.24, 2.45) is 0 Å². The minimum Gasteiger partial charge on any atom is -0.726 e. The third kappa shape index (κ3) is 8.03. The Morgan fingerprint density at radius 3 is 1.72 bits per heavy atom. The van der Waals surface area contributed by atoms with Crippen LogP contribution < -0.4 is 29.6 Å². The second kappa shape index (κ2) is 14.7. The fourth-order valence-electron chi connectivity index (χ4n) is 4.41. The van der Waals surface area contributed by atoms with Crippen molar-refractivity contribution < 1.29 is 116 Å². The van der Waals surface area contributed by atoms with Crippen LogP contribution in [0.3, 0.4) is 0 Å². The Labute approximate surface area is 245 Å². The summed E-state index contributed by atoms with van der Waals surface area (Å²) in [6.45, 7) is -0.414. The molecule has 0 aromatic carbocycles. The first-order valence-corrected chi connectivity index (χ1v) is 12.8. The van der Waals surface area contributed by atoms with Crippen LogP contribution in [0.15, 0.2) is 0 Å². The topological polar surface area (TPSA) is 284 Å². The van der Waals surface area contributed by atoms with Crippen LogP contribution in [-0.2, 0) is 43.0 Å². The van der Waals surface area contributed by atoms with E-state index in [0.29, 0.717) is 0 Å². The summed E-state index contributed by atoms with van der Waals surface area (Å²) < 4.78 is 69.7. The first kappa shape index (κ1) is 35.5. The van der Waals surface area contributed by atoms with Gasteiger partial charge in [0.05, 0.1) is 19.3 Å². The molecule has 224 valence electrons. The third-order valence-corrected chi connectivity index (χ3v) is 6.93. The van der Waals surface area contributed by atoms with Crippen molar-refractivity contribution in [2.75, 3.05) is 20.3 Å². The summed E-state index contributed by atoms with van der Waals surface area (Å²) in [7, 11) is -4.23. The molecule has 8 N–H and O–H groups in total. The van der Waals surface area contributed by atoms with Crippen LogP contribution in [0.25, 0.3) is 0 Å². The van der Waals surface area contributed by atoms with Gasteiger partial charge < -0.3 is 73.8 Å². The van der Waals surface area contributed by atoms with Crippen LogP contribution in [0.5, 0.6) is 0 Å². The molecule has 20 heteroatoms. The fourth-order valence-corrected chi connectivity index (χ4v) is 4.92. The van der Waals surface area contributed by atoms with E-state index in [0.717, 1.165) is 7.11 Å². The number of hydrogen-bond acceptors (Lipinski definition) is 18. The van der Waals surface area contributed by atoms with Crippen LogP contribution in [0, 0.1) is 0 Å². The minimum atomic E-state index is -5.39. The van der Waals surface area contributed by atoms with E-state index in [1.165, 1.54) is 6.92 Å². The summed E-state index contributed by atoms with van der Waals surface area (Å²) in [6.07, 6.45) is -25.2. The summed E-state index contributed by atoms with van der Waals surface area (Å²) in [6, 6.07) is 0. The largest absolute Gasteiger partial charge is 1.00 e. The Morgan fingerprint density at radius 1 is 0.692 bits per heavy atom. The maximum Gasteiger partial charge on any atom is 1.00 e. The molecule has 0 aromatic rings. The first-order chi connectivity index (χ1) is 17.7. The van der Waals surface area contributed by atoms with Gasteiger partial charge in [-0.05, 0) is 6.92 Å². The predicted molar refractivity (Wildman–Crippen MR) is 113 cm³/mol. The number of ether oxygens (including phenoxy) is 6. The molecule has 3 rings (SSSR count). The molecule has 0 unspecified atom stereocenters. The second-order valence-electron chi connectivity index (χ2n) is 9.01. The van der Waals surface area contributed by atoms with Crippen LogP contribution in [0.4, 0.5) is 0 Å². The molecule has 0 aromatic heterocycles. The van der Waals surface area contributed by atoms with Gasteiger partial charge in [-0.1, -0.05) is 0 Å². The number of hydrogen-bond donors (Lipinski definition) is 8. The quantitative estimate of drug-likeness (QED) is 0.0688. The molecule has 0 spiro atoms. The van der Waals surface area contributed by atoms with Crippen molar-refractivity contribution in [3.05, 3.63) is 0 Å². The average molecular weight is 605 g/mol. The molecule has 39 heavy (non-hydrogen) atoms. The van der Waals surface area contributed by atoms with Crippen molar-refractivity contribution in [3.8, 4) is 0 Å². The van der Waals surface area contributed by atoms with Crippen LogP contribution in [0.1, 0.15) is 6.92 Å². The molecular formula is C19H33NaO18S. The molecule has 3 saturated heterocycles. The molecule has 18 nitrogen and oxygen atoms in total. The molecule has 15 atom stereocenters. The van der Waals surface area contributed by atoms with Crippen LogP contribution in [0.2, 0.25) is 0 Å². The van der Waals surface area contributed by atoms with Gasteiger partial charge in [0.1, 0.15) is 67.1 Å². The van der Waals surface area contributed by atoms with E-state index >= 15 is 0 Å². The van der Waals surface area contributed by atoms with E-state index in [4.69, 9.17) is 28.4 Å². The fraction of sp³-hybridized carbons (Fsp3) is 1.00. The smallest absolute Gasteiger partial charge is 0.726 e. The standard InChI is InChI=1S/C19H34O18S.Na/c1-5-8(22)9(23)11(25)18(32-5)36-16-13(27)17(31-2)33-7(4-21)15(16)35-19-12(26)10(24)14(6(3-20)34-19)37-38(28,29)30;/h5-27H,3-4H2,1-2H3,(H,28,29,30);/q;+1/p-1/t5-,6+,7+,8+,9+,10+,11-,12+,13+,14-,15+,16+,17+,18-,19-;/m0./s1. The van der Waals surface area contributed by atoms with Gasteiger partial charge in [0.2, 0.25) is 10.4 Å². The van der Waals surface area contributed by atoms with Crippen molar-refractivity contribution in [1.29, 1.82) is 0 Å². The SMILES string of the molecule is CO[C@@H]1O[C@H](CO)[C@@H](O[C@@H]2O[C@H](CO)[C@H](OS(=O)(=O)[O-])[C@H](O)[C@H]2O)[C@H](O[C@@H]2O[C@@H](C)[C@@H](O)[C@@H](O)[C@@H]2O)[C@H]1O.[Na+]. The van der Waals surface area contributed by atoms with E-state index in [1.54, 1.807) is 0 Å². The Morgan fingerprint density at radius 2 is 1.18 bits per heavy atom. The van der Waals surface area contributed by atoms with Gasteiger partial charge in [-0.3, -0.25) is 4.18 Å². The van der Waals surface area contributed by atoms with E-state index in [1.807, 2.05) is 0 Å². The number of aliphatic hydroxyl groups excluding tert-OH is 8. The number of rotatable bonds is 9. The van der Waals surface area contributed by atoms with Gasteiger partial charge in [0, 0.05) is 7.11 Å². The molecule has 0 radical (unpaired) electrons. The third-order valence-electron chi connectivity index (χ3n) is 6.47. The Hall–Kier alpha value is 0.310. The van der Waals surface area contributed by atoms with Crippen molar-refractivity contribution in [3.63, 3.8) is 0 Å². The van der Waals surface area contributed by atoms with Crippen molar-refractivity contribution in [1.82, 2.24) is 0 Å². The van der Waals surface area contributed by atoms with Gasteiger partial charge in [-0.25, -0.2) is 8.42 Å². The molecule has 3 fully saturated rings. The van der Waals surface area contributed by atoms with Crippen molar-refractivity contribution in [2.45, 2.75) is 99.0 Å². The summed E-state index contributed by atoms with van der Waals surface area (Å²) in [4.78, 5) is 0. The Kier molecular flexibility index (Phi) is 13.3. The van der Waals surface area contributed by atoms with Gasteiger partial charge in [-0.2, -0.15) is 0 Å². The molecule has 0 bridgehead atoms. The summed E-state index contributed by atoms with van der Waals surface area (Å²) in [5, 5.41) is 81.6. The van der Waals surface area contributed by atoms with E-state index in [9.17, 15) is 53.8 Å². The monoisotopic (exact) mass is 604 g/mol. The zero-order valence-electron chi connectivity index (χ0n) is 21.1. The number of aliphatic hydroxyl groups is 8. The van der Waals surface area contributed by atoms with E-state index in [2.05, 4.69) is 4.18 Å². The second-order valence-corrected chi connectivity index (χ2v) is 10.0. The molecule has 0 amide bonds. The zero-order chi connectivity index (χ0) is 28.5. The maximum absolute atomic E-state index is 11.0. The molecule has 3 aliphatic rings. The summed E-state index contributed by atoms with van der Waals surface area (Å²) >= 11 is 0. The zero-order valence-corrected chi connectivity index (χ0v) is 24.0. The molecule has 3 aliphatic heterocycles. The van der Waals surface area contributed by atoms with Crippen LogP contribution >= 0.6 is 0 Å².